The van der Waals surface area contributed by atoms with Crippen LogP contribution in [0.1, 0.15) is 21.5 Å². The zero-order valence-corrected chi connectivity index (χ0v) is 17.2. The fourth-order valence-corrected chi connectivity index (χ4v) is 4.43. The van der Waals surface area contributed by atoms with Crippen LogP contribution >= 0.6 is 34.5 Å². The maximum Gasteiger partial charge on any atom is 0.261 e. The lowest BCUT2D eigenvalue weighted by Crippen LogP contribution is -2.30. The van der Waals surface area contributed by atoms with Gasteiger partial charge in [0.1, 0.15) is 0 Å². The largest absolute Gasteiger partial charge is 0.279 e. The number of benzene rings is 2. The number of thiazole rings is 1. The summed E-state index contributed by atoms with van der Waals surface area (Å²) in [6.07, 6.45) is 3.44. The Morgan fingerprint density at radius 1 is 1.14 bits per heavy atom. The van der Waals surface area contributed by atoms with Crippen molar-refractivity contribution in [3.8, 4) is 0 Å². The number of hydrogen-bond acceptors (Lipinski definition) is 4. The molecule has 140 valence electrons. The van der Waals surface area contributed by atoms with Crippen LogP contribution in [0.25, 0.3) is 10.2 Å². The van der Waals surface area contributed by atoms with Gasteiger partial charge in [0.2, 0.25) is 0 Å². The molecule has 0 aliphatic carbocycles. The number of aryl methyl sites for hydroxylation is 1. The third-order valence-electron chi connectivity index (χ3n) is 4.31. The van der Waals surface area contributed by atoms with E-state index >= 15 is 0 Å². The van der Waals surface area contributed by atoms with Gasteiger partial charge in [-0.3, -0.25) is 14.7 Å². The molecule has 0 saturated carbocycles. The van der Waals surface area contributed by atoms with Crippen LogP contribution in [0.4, 0.5) is 5.13 Å². The molecule has 2 aromatic carbocycles. The summed E-state index contributed by atoms with van der Waals surface area (Å²) in [5, 5.41) is 1.41. The number of carbonyl (C=O) groups excluding carboxylic acids is 1. The smallest absolute Gasteiger partial charge is 0.261 e. The van der Waals surface area contributed by atoms with Crippen molar-refractivity contribution >= 4 is 55.8 Å². The van der Waals surface area contributed by atoms with E-state index in [-0.39, 0.29) is 5.91 Å². The fourth-order valence-electron chi connectivity index (χ4n) is 2.90. The Morgan fingerprint density at radius 3 is 2.71 bits per heavy atom. The number of nitrogens with zero attached hydrogens (tertiary/aromatic N) is 3. The zero-order chi connectivity index (χ0) is 19.7. The van der Waals surface area contributed by atoms with Gasteiger partial charge in [0, 0.05) is 17.4 Å². The average Bonchev–Trinajstić information content (AvgIpc) is 3.12. The Labute approximate surface area is 176 Å². The van der Waals surface area contributed by atoms with E-state index in [1.165, 1.54) is 11.3 Å². The summed E-state index contributed by atoms with van der Waals surface area (Å²) < 4.78 is 1.03. The van der Waals surface area contributed by atoms with E-state index in [9.17, 15) is 4.79 Å². The van der Waals surface area contributed by atoms with E-state index in [0.717, 1.165) is 21.3 Å². The van der Waals surface area contributed by atoms with Crippen LogP contribution in [-0.4, -0.2) is 15.9 Å². The van der Waals surface area contributed by atoms with Crippen LogP contribution in [0.2, 0.25) is 10.0 Å². The lowest BCUT2D eigenvalue weighted by atomic mass is 10.2. The second kappa shape index (κ2) is 7.87. The summed E-state index contributed by atoms with van der Waals surface area (Å²) in [5.41, 5.74) is 3.25. The molecule has 4 nitrogen and oxygen atoms in total. The predicted octanol–water partition coefficient (Wildman–Crippen LogP) is 6.15. The molecule has 1 amide bonds. The summed E-state index contributed by atoms with van der Waals surface area (Å²) >= 11 is 13.8. The quantitative estimate of drug-likeness (QED) is 0.392. The molecule has 0 atom stereocenters. The van der Waals surface area contributed by atoms with Gasteiger partial charge in [0.25, 0.3) is 5.91 Å². The number of halogens is 2. The number of rotatable bonds is 4. The van der Waals surface area contributed by atoms with E-state index in [2.05, 4.69) is 4.98 Å². The number of fused-ring (bicyclic) bond motifs is 1. The number of carbonyl (C=O) groups is 1. The SMILES string of the molecule is Cc1cccc2sc(N(Cc3cccnc3)C(=O)c3ccc(Cl)cc3Cl)nc12. The Kier molecular flexibility index (Phi) is 5.31. The number of hydrogen-bond donors (Lipinski definition) is 0. The molecule has 0 N–H and O–H groups in total. The molecule has 4 rings (SSSR count). The van der Waals surface area contributed by atoms with Gasteiger partial charge in [-0.2, -0.15) is 0 Å². The minimum atomic E-state index is -0.234. The van der Waals surface area contributed by atoms with E-state index < -0.39 is 0 Å². The summed E-state index contributed by atoms with van der Waals surface area (Å²) in [7, 11) is 0. The van der Waals surface area contributed by atoms with Gasteiger partial charge in [-0.1, -0.05) is 52.7 Å². The number of anilines is 1. The third kappa shape index (κ3) is 3.74. The standard InChI is InChI=1S/C21H15Cl2N3OS/c1-13-4-2-6-18-19(13)25-21(28-18)26(12-14-5-3-9-24-11-14)20(27)16-8-7-15(22)10-17(16)23/h2-11H,12H2,1H3. The highest BCUT2D eigenvalue weighted by Crippen LogP contribution is 2.33. The lowest BCUT2D eigenvalue weighted by molar-refractivity contribution is 0.0985. The van der Waals surface area contributed by atoms with Crippen LogP contribution in [0, 0.1) is 6.92 Å². The third-order valence-corrected chi connectivity index (χ3v) is 5.90. The van der Waals surface area contributed by atoms with Gasteiger partial charge in [0.05, 0.1) is 27.3 Å². The first-order valence-electron chi connectivity index (χ1n) is 8.55. The molecule has 4 aromatic rings. The van der Waals surface area contributed by atoms with Crippen molar-refractivity contribution in [2.24, 2.45) is 0 Å². The summed E-state index contributed by atoms with van der Waals surface area (Å²) in [6.45, 7) is 2.35. The highest BCUT2D eigenvalue weighted by Gasteiger charge is 2.24. The first-order chi connectivity index (χ1) is 13.5. The fraction of sp³-hybridized carbons (Fsp3) is 0.0952. The van der Waals surface area contributed by atoms with Crippen molar-refractivity contribution in [1.82, 2.24) is 9.97 Å². The first kappa shape index (κ1) is 18.9. The van der Waals surface area contributed by atoms with Crippen LogP contribution in [0.15, 0.2) is 60.9 Å². The number of aromatic nitrogens is 2. The van der Waals surface area contributed by atoms with Gasteiger partial charge < -0.3 is 0 Å². The molecule has 28 heavy (non-hydrogen) atoms. The van der Waals surface area contributed by atoms with Gasteiger partial charge in [-0.25, -0.2) is 4.98 Å². The zero-order valence-electron chi connectivity index (χ0n) is 14.9. The average molecular weight is 428 g/mol. The van der Waals surface area contributed by atoms with Crippen LogP contribution < -0.4 is 4.90 Å². The molecule has 2 heterocycles. The maximum absolute atomic E-state index is 13.4. The van der Waals surface area contributed by atoms with Gasteiger partial charge in [-0.15, -0.1) is 0 Å². The van der Waals surface area contributed by atoms with E-state index in [1.807, 2.05) is 37.3 Å². The topological polar surface area (TPSA) is 46.1 Å². The normalized spacial score (nSPS) is 11.0. The van der Waals surface area contributed by atoms with Crippen molar-refractivity contribution < 1.29 is 4.79 Å². The number of amides is 1. The molecular formula is C21H15Cl2N3OS. The number of para-hydroxylation sites is 1. The molecule has 0 aliphatic rings. The maximum atomic E-state index is 13.4. The van der Waals surface area contributed by atoms with Crippen molar-refractivity contribution in [1.29, 1.82) is 0 Å². The van der Waals surface area contributed by atoms with E-state index in [0.29, 0.717) is 27.3 Å². The number of pyridine rings is 1. The Hall–Kier alpha value is -2.47. The lowest BCUT2D eigenvalue weighted by Gasteiger charge is -2.20. The highest BCUT2D eigenvalue weighted by molar-refractivity contribution is 7.22. The molecule has 0 spiro atoms. The van der Waals surface area contributed by atoms with Crippen molar-refractivity contribution in [2.75, 3.05) is 4.90 Å². The van der Waals surface area contributed by atoms with Crippen LogP contribution in [0.5, 0.6) is 0 Å². The Morgan fingerprint density at radius 2 is 2.00 bits per heavy atom. The molecule has 7 heteroatoms. The second-order valence-electron chi connectivity index (χ2n) is 6.29. The summed E-state index contributed by atoms with van der Waals surface area (Å²) in [6, 6.07) is 14.6. The van der Waals surface area contributed by atoms with Gasteiger partial charge in [0.15, 0.2) is 5.13 Å². The highest BCUT2D eigenvalue weighted by atomic mass is 35.5. The summed E-state index contributed by atoms with van der Waals surface area (Å²) in [4.78, 5) is 23.9. The first-order valence-corrected chi connectivity index (χ1v) is 10.1. The van der Waals surface area contributed by atoms with Crippen molar-refractivity contribution in [3.05, 3.63) is 87.7 Å². The predicted molar refractivity (Wildman–Crippen MR) is 116 cm³/mol. The van der Waals surface area contributed by atoms with Gasteiger partial charge in [-0.05, 0) is 48.4 Å². The molecule has 0 saturated heterocycles. The second-order valence-corrected chi connectivity index (χ2v) is 8.15. The molecule has 0 fully saturated rings. The molecule has 2 aromatic heterocycles. The van der Waals surface area contributed by atoms with Gasteiger partial charge >= 0.3 is 0 Å². The van der Waals surface area contributed by atoms with E-state index in [1.54, 1.807) is 35.5 Å². The summed E-state index contributed by atoms with van der Waals surface area (Å²) in [5.74, 6) is -0.234. The van der Waals surface area contributed by atoms with Crippen LogP contribution in [-0.2, 0) is 6.54 Å². The molecule has 0 bridgehead atoms. The Bertz CT molecular complexity index is 1160. The molecule has 0 unspecified atom stereocenters. The van der Waals surface area contributed by atoms with Crippen molar-refractivity contribution in [3.63, 3.8) is 0 Å². The van der Waals surface area contributed by atoms with Crippen molar-refractivity contribution in [2.45, 2.75) is 13.5 Å². The minimum Gasteiger partial charge on any atom is -0.279 e. The molecular weight excluding hydrogens is 413 g/mol. The Balaban J connectivity index is 1.80. The monoisotopic (exact) mass is 427 g/mol. The molecule has 0 aliphatic heterocycles. The van der Waals surface area contributed by atoms with E-state index in [4.69, 9.17) is 28.2 Å². The molecule has 0 radical (unpaired) electrons. The minimum absolute atomic E-state index is 0.234. The van der Waals surface area contributed by atoms with Crippen LogP contribution in [0.3, 0.4) is 0 Å².